The predicted molar refractivity (Wildman–Crippen MR) is 62.2 cm³/mol. The molecule has 0 saturated carbocycles. The Kier molecular flexibility index (Phi) is 3.27. The van der Waals surface area contributed by atoms with Gasteiger partial charge in [-0.1, -0.05) is 0 Å². The number of aromatic nitrogens is 2. The van der Waals surface area contributed by atoms with Gasteiger partial charge in [-0.25, -0.2) is 0 Å². The molecule has 0 aliphatic rings. The molecule has 17 heavy (non-hydrogen) atoms. The van der Waals surface area contributed by atoms with Crippen LogP contribution < -0.4 is 5.32 Å². The third-order valence-corrected chi connectivity index (χ3v) is 2.63. The zero-order chi connectivity index (χ0) is 12.3. The Morgan fingerprint density at radius 2 is 2.41 bits per heavy atom. The third kappa shape index (κ3) is 2.55. The summed E-state index contributed by atoms with van der Waals surface area (Å²) in [6.45, 7) is 4.14. The largest absolute Gasteiger partial charge is 0.467 e. The number of nitrogens with one attached hydrogen (secondary N) is 1. The molecule has 2 rings (SSSR count). The fraction of sp³-hybridized carbons (Fsp3) is 0.333. The summed E-state index contributed by atoms with van der Waals surface area (Å²) in [5.74, 6) is 0.663. The van der Waals surface area contributed by atoms with Crippen molar-refractivity contribution in [3.05, 3.63) is 42.1 Å². The summed E-state index contributed by atoms with van der Waals surface area (Å²) in [6, 6.07) is 5.17. The first-order valence-corrected chi connectivity index (χ1v) is 5.48. The second-order valence-corrected chi connectivity index (χ2v) is 3.89. The minimum absolute atomic E-state index is 0.0757. The first-order valence-electron chi connectivity index (χ1n) is 5.48. The number of amides is 1. The van der Waals surface area contributed by atoms with Crippen LogP contribution in [0.4, 0.5) is 0 Å². The first kappa shape index (κ1) is 11.4. The average molecular weight is 233 g/mol. The molecule has 2 aromatic rings. The first-order chi connectivity index (χ1) is 8.18. The number of furan rings is 1. The molecule has 0 aromatic carbocycles. The van der Waals surface area contributed by atoms with Crippen molar-refractivity contribution < 1.29 is 9.21 Å². The van der Waals surface area contributed by atoms with Crippen molar-refractivity contribution in [1.29, 1.82) is 0 Å². The standard InChI is InChI=1S/C12H15N3O2/c1-9-5-6-14-15(9)10(2)12(16)13-8-11-4-3-7-17-11/h3-7,10H,8H2,1-2H3,(H,13,16). The van der Waals surface area contributed by atoms with Gasteiger partial charge in [0.2, 0.25) is 5.91 Å². The molecule has 5 nitrogen and oxygen atoms in total. The minimum Gasteiger partial charge on any atom is -0.467 e. The molecule has 0 bridgehead atoms. The monoisotopic (exact) mass is 233 g/mol. The van der Waals surface area contributed by atoms with E-state index in [0.29, 0.717) is 6.54 Å². The molecule has 1 atom stereocenters. The molecule has 2 aromatic heterocycles. The second kappa shape index (κ2) is 4.86. The van der Waals surface area contributed by atoms with E-state index < -0.39 is 0 Å². The van der Waals surface area contributed by atoms with Crippen LogP contribution in [0.3, 0.4) is 0 Å². The van der Waals surface area contributed by atoms with Crippen LogP contribution in [-0.4, -0.2) is 15.7 Å². The van der Waals surface area contributed by atoms with Gasteiger partial charge in [-0.15, -0.1) is 0 Å². The van der Waals surface area contributed by atoms with Crippen molar-refractivity contribution in [3.8, 4) is 0 Å². The fourth-order valence-electron chi connectivity index (χ4n) is 1.63. The van der Waals surface area contributed by atoms with E-state index in [2.05, 4.69) is 10.4 Å². The molecule has 0 spiro atoms. The van der Waals surface area contributed by atoms with Gasteiger partial charge < -0.3 is 9.73 Å². The lowest BCUT2D eigenvalue weighted by Crippen LogP contribution is -2.31. The Hall–Kier alpha value is -2.04. The summed E-state index contributed by atoms with van der Waals surface area (Å²) in [7, 11) is 0. The van der Waals surface area contributed by atoms with Crippen LogP contribution in [0, 0.1) is 6.92 Å². The van der Waals surface area contributed by atoms with Gasteiger partial charge in [-0.2, -0.15) is 5.10 Å². The van der Waals surface area contributed by atoms with Crippen LogP contribution in [0.2, 0.25) is 0 Å². The van der Waals surface area contributed by atoms with Crippen molar-refractivity contribution in [2.45, 2.75) is 26.4 Å². The van der Waals surface area contributed by atoms with Crippen molar-refractivity contribution >= 4 is 5.91 Å². The smallest absolute Gasteiger partial charge is 0.244 e. The van der Waals surface area contributed by atoms with E-state index in [1.807, 2.05) is 26.0 Å². The highest BCUT2D eigenvalue weighted by molar-refractivity contribution is 5.79. The lowest BCUT2D eigenvalue weighted by atomic mass is 10.3. The van der Waals surface area contributed by atoms with Gasteiger partial charge in [0, 0.05) is 11.9 Å². The van der Waals surface area contributed by atoms with E-state index in [0.717, 1.165) is 11.5 Å². The topological polar surface area (TPSA) is 60.1 Å². The molecule has 2 heterocycles. The number of carbonyl (C=O) groups is 1. The number of aryl methyl sites for hydroxylation is 1. The summed E-state index contributed by atoms with van der Waals surface area (Å²) in [6.07, 6.45) is 3.27. The van der Waals surface area contributed by atoms with E-state index in [1.165, 1.54) is 0 Å². The Balaban J connectivity index is 1.94. The fourth-order valence-corrected chi connectivity index (χ4v) is 1.63. The van der Waals surface area contributed by atoms with Gasteiger partial charge in [0.05, 0.1) is 12.8 Å². The average Bonchev–Trinajstić information content (AvgIpc) is 2.95. The number of nitrogens with zero attached hydrogens (tertiary/aromatic N) is 2. The Morgan fingerprint density at radius 1 is 1.59 bits per heavy atom. The zero-order valence-corrected chi connectivity index (χ0v) is 9.88. The van der Waals surface area contributed by atoms with Crippen LogP contribution in [0.1, 0.15) is 24.4 Å². The molecule has 0 radical (unpaired) electrons. The van der Waals surface area contributed by atoms with Crippen LogP contribution in [0.5, 0.6) is 0 Å². The lowest BCUT2D eigenvalue weighted by molar-refractivity contribution is -0.124. The van der Waals surface area contributed by atoms with E-state index in [-0.39, 0.29) is 11.9 Å². The highest BCUT2D eigenvalue weighted by Crippen LogP contribution is 2.08. The van der Waals surface area contributed by atoms with Gasteiger partial charge in [-0.3, -0.25) is 9.48 Å². The van der Waals surface area contributed by atoms with Gasteiger partial charge in [0.25, 0.3) is 0 Å². The molecule has 0 aliphatic carbocycles. The quantitative estimate of drug-likeness (QED) is 0.873. The summed E-state index contributed by atoms with van der Waals surface area (Å²) >= 11 is 0. The molecular formula is C12H15N3O2. The number of rotatable bonds is 4. The van der Waals surface area contributed by atoms with Gasteiger partial charge in [0.1, 0.15) is 11.8 Å². The normalized spacial score (nSPS) is 12.4. The predicted octanol–water partition coefficient (Wildman–Crippen LogP) is 1.66. The Labute approximate surface area is 99.4 Å². The number of hydrogen-bond donors (Lipinski definition) is 1. The third-order valence-electron chi connectivity index (χ3n) is 2.63. The van der Waals surface area contributed by atoms with Gasteiger partial charge in [0.15, 0.2) is 0 Å². The minimum atomic E-state index is -0.319. The van der Waals surface area contributed by atoms with Crippen molar-refractivity contribution in [3.63, 3.8) is 0 Å². The van der Waals surface area contributed by atoms with Crippen LogP contribution in [0.25, 0.3) is 0 Å². The maximum absolute atomic E-state index is 11.9. The molecular weight excluding hydrogens is 218 g/mol. The number of carbonyl (C=O) groups excluding carboxylic acids is 1. The molecule has 1 N–H and O–H groups in total. The molecule has 5 heteroatoms. The zero-order valence-electron chi connectivity index (χ0n) is 9.88. The van der Waals surface area contributed by atoms with E-state index >= 15 is 0 Å². The van der Waals surface area contributed by atoms with Crippen molar-refractivity contribution in [2.75, 3.05) is 0 Å². The van der Waals surface area contributed by atoms with E-state index in [1.54, 1.807) is 23.2 Å². The molecule has 90 valence electrons. The maximum Gasteiger partial charge on any atom is 0.244 e. The Morgan fingerprint density at radius 3 is 3.00 bits per heavy atom. The number of hydrogen-bond acceptors (Lipinski definition) is 3. The molecule has 1 amide bonds. The maximum atomic E-state index is 11.9. The van der Waals surface area contributed by atoms with Gasteiger partial charge >= 0.3 is 0 Å². The molecule has 0 saturated heterocycles. The SMILES string of the molecule is Cc1ccnn1C(C)C(=O)NCc1ccco1. The van der Waals surface area contributed by atoms with Crippen LogP contribution in [0.15, 0.2) is 35.1 Å². The van der Waals surface area contributed by atoms with Gasteiger partial charge in [-0.05, 0) is 32.0 Å². The summed E-state index contributed by atoms with van der Waals surface area (Å²) < 4.78 is 6.83. The second-order valence-electron chi connectivity index (χ2n) is 3.89. The van der Waals surface area contributed by atoms with E-state index in [4.69, 9.17) is 4.42 Å². The van der Waals surface area contributed by atoms with E-state index in [9.17, 15) is 4.79 Å². The van der Waals surface area contributed by atoms with Crippen molar-refractivity contribution in [2.24, 2.45) is 0 Å². The van der Waals surface area contributed by atoms with Crippen molar-refractivity contribution in [1.82, 2.24) is 15.1 Å². The van der Waals surface area contributed by atoms with Crippen LogP contribution in [-0.2, 0) is 11.3 Å². The molecule has 0 aliphatic heterocycles. The summed E-state index contributed by atoms with van der Waals surface area (Å²) in [5, 5.41) is 6.92. The molecule has 0 fully saturated rings. The Bertz CT molecular complexity index is 488. The summed E-state index contributed by atoms with van der Waals surface area (Å²) in [5.41, 5.74) is 0.964. The highest BCUT2D eigenvalue weighted by atomic mass is 16.3. The molecule has 1 unspecified atom stereocenters. The summed E-state index contributed by atoms with van der Waals surface area (Å²) in [4.78, 5) is 11.9. The highest BCUT2D eigenvalue weighted by Gasteiger charge is 2.16. The lowest BCUT2D eigenvalue weighted by Gasteiger charge is -2.13. The van der Waals surface area contributed by atoms with Crippen LogP contribution >= 0.6 is 0 Å².